The average Bonchev–Trinajstić information content (AvgIpc) is 2.82. The fourth-order valence-electron chi connectivity index (χ4n) is 4.69. The Morgan fingerprint density at radius 1 is 1.00 bits per heavy atom. The largest absolute Gasteiger partial charge is 0.316 e. The molecule has 0 aromatic heterocycles. The van der Waals surface area contributed by atoms with Crippen LogP contribution in [0.3, 0.4) is 0 Å². The molecule has 1 saturated heterocycles. The molecular formula is C17H32N2. The molecule has 4 atom stereocenters. The Morgan fingerprint density at radius 3 is 2.58 bits per heavy atom. The molecule has 0 amide bonds. The highest BCUT2D eigenvalue weighted by Crippen LogP contribution is 2.42. The van der Waals surface area contributed by atoms with Gasteiger partial charge in [-0.3, -0.25) is 4.90 Å². The van der Waals surface area contributed by atoms with Crippen LogP contribution < -0.4 is 5.32 Å². The van der Waals surface area contributed by atoms with E-state index in [0.29, 0.717) is 0 Å². The van der Waals surface area contributed by atoms with Crippen LogP contribution in [0.25, 0.3) is 0 Å². The number of piperidine rings is 1. The Labute approximate surface area is 119 Å². The van der Waals surface area contributed by atoms with Crippen LogP contribution in [0.5, 0.6) is 0 Å². The van der Waals surface area contributed by atoms with Crippen molar-refractivity contribution in [2.75, 3.05) is 19.6 Å². The Hall–Kier alpha value is -0.0800. The van der Waals surface area contributed by atoms with Gasteiger partial charge in [0.05, 0.1) is 0 Å². The van der Waals surface area contributed by atoms with Crippen molar-refractivity contribution in [3.63, 3.8) is 0 Å². The monoisotopic (exact) mass is 264 g/mol. The number of nitrogens with zero attached hydrogens (tertiary/aromatic N) is 1. The fraction of sp³-hybridized carbons (Fsp3) is 1.00. The Bertz CT molecular complexity index is 289. The second kappa shape index (κ2) is 6.13. The fourth-order valence-corrected chi connectivity index (χ4v) is 4.69. The summed E-state index contributed by atoms with van der Waals surface area (Å²) < 4.78 is 0. The summed E-state index contributed by atoms with van der Waals surface area (Å²) in [5, 5.41) is 3.69. The summed E-state index contributed by atoms with van der Waals surface area (Å²) in [5.74, 6) is 2.78. The SMILES string of the molecule is CC(C)CNCC1CCC1N1CCCC2CCCC21. The van der Waals surface area contributed by atoms with Crippen molar-refractivity contribution in [3.05, 3.63) is 0 Å². The molecule has 19 heavy (non-hydrogen) atoms. The first kappa shape index (κ1) is 13.9. The van der Waals surface area contributed by atoms with Gasteiger partial charge in [0, 0.05) is 12.1 Å². The van der Waals surface area contributed by atoms with E-state index in [-0.39, 0.29) is 0 Å². The molecule has 3 fully saturated rings. The molecule has 0 bridgehead atoms. The molecule has 3 rings (SSSR count). The zero-order valence-corrected chi connectivity index (χ0v) is 12.9. The van der Waals surface area contributed by atoms with Crippen LogP contribution in [0.15, 0.2) is 0 Å². The lowest BCUT2D eigenvalue weighted by Crippen LogP contribution is -2.57. The van der Waals surface area contributed by atoms with Crippen LogP contribution in [0.4, 0.5) is 0 Å². The molecule has 3 aliphatic rings. The Kier molecular flexibility index (Phi) is 4.48. The highest BCUT2D eigenvalue weighted by molar-refractivity contribution is 4.98. The normalized spacial score (nSPS) is 39.3. The molecule has 4 unspecified atom stereocenters. The van der Waals surface area contributed by atoms with Gasteiger partial charge in [0.15, 0.2) is 0 Å². The maximum atomic E-state index is 3.69. The maximum absolute atomic E-state index is 3.69. The molecule has 1 aliphatic heterocycles. The number of hydrogen-bond donors (Lipinski definition) is 1. The van der Waals surface area contributed by atoms with Crippen molar-refractivity contribution in [3.8, 4) is 0 Å². The van der Waals surface area contributed by atoms with E-state index in [2.05, 4.69) is 24.1 Å². The summed E-state index contributed by atoms with van der Waals surface area (Å²) in [6.45, 7) is 8.45. The maximum Gasteiger partial charge on any atom is 0.0139 e. The van der Waals surface area contributed by atoms with Crippen LogP contribution in [-0.2, 0) is 0 Å². The van der Waals surface area contributed by atoms with Gasteiger partial charge in [0.25, 0.3) is 0 Å². The highest BCUT2D eigenvalue weighted by atomic mass is 15.2. The second-order valence-electron chi connectivity index (χ2n) is 7.60. The molecular weight excluding hydrogens is 232 g/mol. The first-order valence-electron chi connectivity index (χ1n) is 8.72. The van der Waals surface area contributed by atoms with Crippen molar-refractivity contribution in [2.24, 2.45) is 17.8 Å². The smallest absolute Gasteiger partial charge is 0.0139 e. The number of likely N-dealkylation sites (tertiary alicyclic amines) is 1. The van der Waals surface area contributed by atoms with Crippen LogP contribution in [-0.4, -0.2) is 36.6 Å². The molecule has 1 heterocycles. The standard InChI is InChI=1S/C17H32N2/c1-13(2)11-18-12-15-8-9-17(15)19-10-4-6-14-5-3-7-16(14)19/h13-18H,3-12H2,1-2H3. The van der Waals surface area contributed by atoms with Crippen LogP contribution in [0, 0.1) is 17.8 Å². The molecule has 110 valence electrons. The Morgan fingerprint density at radius 2 is 1.84 bits per heavy atom. The van der Waals surface area contributed by atoms with Crippen molar-refractivity contribution in [2.45, 2.75) is 70.9 Å². The summed E-state index contributed by atoms with van der Waals surface area (Å²) in [7, 11) is 0. The van der Waals surface area contributed by atoms with Gasteiger partial charge in [-0.25, -0.2) is 0 Å². The van der Waals surface area contributed by atoms with E-state index in [0.717, 1.165) is 29.8 Å². The molecule has 0 aromatic carbocycles. The third-order valence-electron chi connectivity index (χ3n) is 5.80. The molecule has 0 spiro atoms. The molecule has 2 aliphatic carbocycles. The predicted octanol–water partition coefficient (Wildman–Crippen LogP) is 3.28. The minimum Gasteiger partial charge on any atom is -0.316 e. The number of hydrogen-bond acceptors (Lipinski definition) is 2. The lowest BCUT2D eigenvalue weighted by Gasteiger charge is -2.50. The molecule has 2 heteroatoms. The van der Waals surface area contributed by atoms with E-state index in [1.165, 1.54) is 64.6 Å². The molecule has 2 nitrogen and oxygen atoms in total. The third-order valence-corrected chi connectivity index (χ3v) is 5.80. The minimum absolute atomic E-state index is 0.785. The van der Waals surface area contributed by atoms with Crippen LogP contribution in [0.1, 0.15) is 58.8 Å². The van der Waals surface area contributed by atoms with Gasteiger partial charge in [0.2, 0.25) is 0 Å². The topological polar surface area (TPSA) is 15.3 Å². The van der Waals surface area contributed by atoms with Gasteiger partial charge >= 0.3 is 0 Å². The van der Waals surface area contributed by atoms with E-state index in [9.17, 15) is 0 Å². The minimum atomic E-state index is 0.785. The average molecular weight is 264 g/mol. The molecule has 0 radical (unpaired) electrons. The number of rotatable bonds is 5. The zero-order valence-electron chi connectivity index (χ0n) is 12.9. The quantitative estimate of drug-likeness (QED) is 0.820. The predicted molar refractivity (Wildman–Crippen MR) is 81.3 cm³/mol. The summed E-state index contributed by atoms with van der Waals surface area (Å²) in [4.78, 5) is 2.94. The van der Waals surface area contributed by atoms with Gasteiger partial charge in [-0.05, 0) is 75.9 Å². The first-order chi connectivity index (χ1) is 9.25. The van der Waals surface area contributed by atoms with E-state index >= 15 is 0 Å². The first-order valence-corrected chi connectivity index (χ1v) is 8.72. The molecule has 2 saturated carbocycles. The van der Waals surface area contributed by atoms with E-state index in [1.807, 2.05) is 0 Å². The van der Waals surface area contributed by atoms with Gasteiger partial charge in [-0.1, -0.05) is 20.3 Å². The zero-order chi connectivity index (χ0) is 13.2. The van der Waals surface area contributed by atoms with Crippen LogP contribution >= 0.6 is 0 Å². The Balaban J connectivity index is 1.50. The van der Waals surface area contributed by atoms with E-state index in [4.69, 9.17) is 0 Å². The lowest BCUT2D eigenvalue weighted by atomic mass is 9.76. The van der Waals surface area contributed by atoms with Crippen molar-refractivity contribution in [1.82, 2.24) is 10.2 Å². The van der Waals surface area contributed by atoms with E-state index < -0.39 is 0 Å². The van der Waals surface area contributed by atoms with Gasteiger partial charge in [-0.2, -0.15) is 0 Å². The number of nitrogens with one attached hydrogen (secondary N) is 1. The summed E-state index contributed by atoms with van der Waals surface area (Å²) in [6, 6.07) is 1.89. The van der Waals surface area contributed by atoms with Crippen molar-refractivity contribution in [1.29, 1.82) is 0 Å². The highest BCUT2D eigenvalue weighted by Gasteiger charge is 2.43. The van der Waals surface area contributed by atoms with Gasteiger partial charge < -0.3 is 5.32 Å². The van der Waals surface area contributed by atoms with Crippen molar-refractivity contribution < 1.29 is 0 Å². The van der Waals surface area contributed by atoms with Gasteiger partial charge in [-0.15, -0.1) is 0 Å². The van der Waals surface area contributed by atoms with Gasteiger partial charge in [0.1, 0.15) is 0 Å². The van der Waals surface area contributed by atoms with Crippen LogP contribution in [0.2, 0.25) is 0 Å². The van der Waals surface area contributed by atoms with E-state index in [1.54, 1.807) is 0 Å². The third kappa shape index (κ3) is 3.00. The molecule has 0 aromatic rings. The lowest BCUT2D eigenvalue weighted by molar-refractivity contribution is -0.00742. The van der Waals surface area contributed by atoms with Crippen molar-refractivity contribution >= 4 is 0 Å². The second-order valence-corrected chi connectivity index (χ2v) is 7.60. The summed E-state index contributed by atoms with van der Waals surface area (Å²) >= 11 is 0. The summed E-state index contributed by atoms with van der Waals surface area (Å²) in [5.41, 5.74) is 0. The molecule has 1 N–H and O–H groups in total. The summed E-state index contributed by atoms with van der Waals surface area (Å²) in [6.07, 6.45) is 10.4. The number of fused-ring (bicyclic) bond motifs is 1.